The summed E-state index contributed by atoms with van der Waals surface area (Å²) < 4.78 is 6.75. The highest BCUT2D eigenvalue weighted by Gasteiger charge is 2.32. The molecule has 0 bridgehead atoms. The molecule has 8 heteroatoms. The van der Waals surface area contributed by atoms with Gasteiger partial charge in [0.15, 0.2) is 0 Å². The maximum atomic E-state index is 12.4. The Bertz CT molecular complexity index is 776. The molecular weight excluding hydrogens is 340 g/mol. The summed E-state index contributed by atoms with van der Waals surface area (Å²) in [7, 11) is 1.57. The summed E-state index contributed by atoms with van der Waals surface area (Å²) in [6.45, 7) is 2.69. The molecule has 0 atom stereocenters. The maximum absolute atomic E-state index is 12.4. The van der Waals surface area contributed by atoms with Crippen molar-refractivity contribution in [1.29, 1.82) is 0 Å². The van der Waals surface area contributed by atoms with Gasteiger partial charge in [-0.15, -0.1) is 0 Å². The smallest absolute Gasteiger partial charge is 0.240 e. The molecule has 0 spiro atoms. The quantitative estimate of drug-likeness (QED) is 0.788. The number of carbonyl (C=O) groups is 2. The molecule has 1 aromatic heterocycles. The number of methoxy groups -OCH3 is 1. The van der Waals surface area contributed by atoms with Gasteiger partial charge in [0.1, 0.15) is 11.6 Å². The summed E-state index contributed by atoms with van der Waals surface area (Å²) >= 11 is 1.45. The number of aryl methyl sites for hydroxylation is 1. The highest BCUT2D eigenvalue weighted by atomic mass is 32.2. The Balaban J connectivity index is 1.87. The van der Waals surface area contributed by atoms with Crippen LogP contribution in [0.15, 0.2) is 35.4 Å². The Morgan fingerprint density at radius 1 is 1.36 bits per heavy atom. The zero-order chi connectivity index (χ0) is 17.8. The number of carbonyl (C=O) groups excluding carboxylic acids is 2. The second kappa shape index (κ2) is 7.71. The van der Waals surface area contributed by atoms with Crippen molar-refractivity contribution in [2.24, 2.45) is 0 Å². The van der Waals surface area contributed by atoms with Gasteiger partial charge >= 0.3 is 0 Å². The molecule has 2 heterocycles. The van der Waals surface area contributed by atoms with E-state index in [0.29, 0.717) is 18.8 Å². The second-order valence-corrected chi connectivity index (χ2v) is 6.56. The molecule has 2 aromatic rings. The van der Waals surface area contributed by atoms with Gasteiger partial charge in [-0.1, -0.05) is 30.0 Å². The lowest BCUT2D eigenvalue weighted by molar-refractivity contribution is -0.123. The lowest BCUT2D eigenvalue weighted by Crippen LogP contribution is -2.44. The van der Waals surface area contributed by atoms with E-state index in [9.17, 15) is 9.59 Å². The van der Waals surface area contributed by atoms with Gasteiger partial charge in [0, 0.05) is 13.7 Å². The van der Waals surface area contributed by atoms with E-state index in [2.05, 4.69) is 10.4 Å². The van der Waals surface area contributed by atoms with E-state index < -0.39 is 0 Å². The van der Waals surface area contributed by atoms with Gasteiger partial charge in [0.05, 0.1) is 29.4 Å². The van der Waals surface area contributed by atoms with Crippen LogP contribution in [-0.4, -0.2) is 54.2 Å². The van der Waals surface area contributed by atoms with E-state index in [0.717, 1.165) is 16.4 Å². The average molecular weight is 360 g/mol. The number of ether oxygens (including phenoxy) is 1. The first-order valence-corrected chi connectivity index (χ1v) is 8.94. The van der Waals surface area contributed by atoms with Crippen molar-refractivity contribution in [3.05, 3.63) is 36.0 Å². The van der Waals surface area contributed by atoms with E-state index in [1.807, 2.05) is 41.9 Å². The standard InChI is InChI=1S/C17H20N4O3S/c1-12-16-17(21(19-12)13-6-4-3-5-7-13)25-11-15(23)20(16)10-14(22)18-8-9-24-2/h3-7H,8-11H2,1-2H3,(H,18,22). The summed E-state index contributed by atoms with van der Waals surface area (Å²) in [6, 6.07) is 9.76. The van der Waals surface area contributed by atoms with E-state index in [4.69, 9.17) is 4.74 Å². The van der Waals surface area contributed by atoms with Crippen molar-refractivity contribution >= 4 is 29.3 Å². The number of anilines is 1. The molecule has 0 unspecified atom stereocenters. The molecule has 0 aliphatic carbocycles. The number of fused-ring (bicyclic) bond motifs is 1. The van der Waals surface area contributed by atoms with Crippen LogP contribution in [0.4, 0.5) is 5.69 Å². The molecule has 0 fully saturated rings. The van der Waals surface area contributed by atoms with Gasteiger partial charge in [-0.2, -0.15) is 5.10 Å². The third kappa shape index (κ3) is 3.69. The second-order valence-electron chi connectivity index (χ2n) is 5.60. The van der Waals surface area contributed by atoms with Crippen molar-refractivity contribution in [3.8, 4) is 5.69 Å². The Hall–Kier alpha value is -2.32. The number of benzene rings is 1. The summed E-state index contributed by atoms with van der Waals surface area (Å²) in [6.07, 6.45) is 0. The molecule has 1 aromatic carbocycles. The number of rotatable bonds is 6. The maximum Gasteiger partial charge on any atom is 0.240 e. The summed E-state index contributed by atoms with van der Waals surface area (Å²) in [5.74, 6) is -0.0127. The van der Waals surface area contributed by atoms with Crippen LogP contribution < -0.4 is 10.2 Å². The number of amides is 2. The number of hydrogen-bond donors (Lipinski definition) is 1. The van der Waals surface area contributed by atoms with Gasteiger partial charge < -0.3 is 10.1 Å². The fourth-order valence-corrected chi connectivity index (χ4v) is 3.75. The molecule has 25 heavy (non-hydrogen) atoms. The highest BCUT2D eigenvalue weighted by Crippen LogP contribution is 2.39. The molecule has 0 saturated carbocycles. The van der Waals surface area contributed by atoms with Crippen molar-refractivity contribution in [1.82, 2.24) is 15.1 Å². The van der Waals surface area contributed by atoms with Crippen LogP contribution in [0.25, 0.3) is 5.69 Å². The van der Waals surface area contributed by atoms with Gasteiger partial charge in [-0.25, -0.2) is 4.68 Å². The van der Waals surface area contributed by atoms with Crippen molar-refractivity contribution in [3.63, 3.8) is 0 Å². The molecule has 132 valence electrons. The minimum atomic E-state index is -0.213. The fraction of sp³-hybridized carbons (Fsp3) is 0.353. The predicted octanol–water partition coefficient (Wildman–Crippen LogP) is 1.38. The first-order valence-electron chi connectivity index (χ1n) is 7.95. The number of para-hydroxylation sites is 1. The van der Waals surface area contributed by atoms with Gasteiger partial charge in [0.25, 0.3) is 0 Å². The van der Waals surface area contributed by atoms with Crippen LogP contribution in [0.2, 0.25) is 0 Å². The van der Waals surface area contributed by atoms with E-state index >= 15 is 0 Å². The van der Waals surface area contributed by atoms with Gasteiger partial charge in [0.2, 0.25) is 11.8 Å². The van der Waals surface area contributed by atoms with Crippen molar-refractivity contribution in [2.75, 3.05) is 37.5 Å². The molecule has 1 aliphatic heterocycles. The zero-order valence-corrected chi connectivity index (χ0v) is 15.0. The highest BCUT2D eigenvalue weighted by molar-refractivity contribution is 8.00. The number of thioether (sulfide) groups is 1. The minimum Gasteiger partial charge on any atom is -0.383 e. The largest absolute Gasteiger partial charge is 0.383 e. The van der Waals surface area contributed by atoms with E-state index in [1.54, 1.807) is 7.11 Å². The Labute approximate surface area is 150 Å². The third-order valence-electron chi connectivity index (χ3n) is 3.82. The van der Waals surface area contributed by atoms with Crippen molar-refractivity contribution < 1.29 is 14.3 Å². The zero-order valence-electron chi connectivity index (χ0n) is 14.2. The van der Waals surface area contributed by atoms with Crippen molar-refractivity contribution in [2.45, 2.75) is 11.9 Å². The molecule has 1 aliphatic rings. The topological polar surface area (TPSA) is 76.5 Å². The predicted molar refractivity (Wildman–Crippen MR) is 96.3 cm³/mol. The number of aromatic nitrogens is 2. The first-order chi connectivity index (χ1) is 12.1. The minimum absolute atomic E-state index is 0.0164. The van der Waals surface area contributed by atoms with Crippen LogP contribution in [0, 0.1) is 6.92 Å². The summed E-state index contributed by atoms with van der Waals surface area (Å²) in [5, 5.41) is 8.21. The number of hydrogen-bond acceptors (Lipinski definition) is 5. The van der Waals surface area contributed by atoms with Crippen LogP contribution in [0.5, 0.6) is 0 Å². The molecule has 2 amide bonds. The van der Waals surface area contributed by atoms with Gasteiger partial charge in [-0.05, 0) is 19.1 Å². The van der Waals surface area contributed by atoms with Crippen LogP contribution in [0.3, 0.4) is 0 Å². The van der Waals surface area contributed by atoms with E-state index in [-0.39, 0.29) is 24.1 Å². The average Bonchev–Trinajstić information content (AvgIpc) is 2.95. The van der Waals surface area contributed by atoms with Gasteiger partial charge in [-0.3, -0.25) is 14.5 Å². The summed E-state index contributed by atoms with van der Waals surface area (Å²) in [5.41, 5.74) is 2.37. The molecule has 7 nitrogen and oxygen atoms in total. The number of nitrogens with zero attached hydrogens (tertiary/aromatic N) is 3. The van der Waals surface area contributed by atoms with Crippen LogP contribution >= 0.6 is 11.8 Å². The van der Waals surface area contributed by atoms with Crippen LogP contribution in [-0.2, 0) is 14.3 Å². The fourth-order valence-electron chi connectivity index (χ4n) is 2.67. The lowest BCUT2D eigenvalue weighted by atomic mass is 10.3. The Morgan fingerprint density at radius 3 is 2.84 bits per heavy atom. The lowest BCUT2D eigenvalue weighted by Gasteiger charge is -2.26. The summed E-state index contributed by atoms with van der Waals surface area (Å²) in [4.78, 5) is 26.0. The Kier molecular flexibility index (Phi) is 5.40. The first kappa shape index (κ1) is 17.5. The molecule has 1 N–H and O–H groups in total. The third-order valence-corrected chi connectivity index (χ3v) is 4.85. The SMILES string of the molecule is COCCNC(=O)CN1C(=O)CSc2c1c(C)nn2-c1ccccc1. The molecular formula is C17H20N4O3S. The number of nitrogens with one attached hydrogen (secondary N) is 1. The van der Waals surface area contributed by atoms with E-state index in [1.165, 1.54) is 16.7 Å². The monoisotopic (exact) mass is 360 g/mol. The molecule has 3 rings (SSSR count). The molecule has 0 radical (unpaired) electrons. The Morgan fingerprint density at radius 2 is 2.12 bits per heavy atom. The van der Waals surface area contributed by atoms with Crippen LogP contribution in [0.1, 0.15) is 5.69 Å². The molecule has 0 saturated heterocycles. The normalized spacial score (nSPS) is 13.7.